The molecular formula is C21H27N5O2. The zero-order valence-electron chi connectivity index (χ0n) is 16.0. The SMILES string of the molecule is NC(=NO)N1CCc2ccc(OCC3CCN(c4ccncc4)CC3)cc2C1. The number of ether oxygens (including phenoxy) is 1. The molecular weight excluding hydrogens is 354 g/mol. The molecule has 0 amide bonds. The maximum absolute atomic E-state index is 8.90. The lowest BCUT2D eigenvalue weighted by molar-refractivity contribution is 0.222. The van der Waals surface area contributed by atoms with E-state index in [1.165, 1.54) is 16.8 Å². The number of nitrogens with two attached hydrogens (primary N) is 1. The highest BCUT2D eigenvalue weighted by Crippen LogP contribution is 2.26. The Bertz CT molecular complexity index is 819. The van der Waals surface area contributed by atoms with Crippen LogP contribution in [0.4, 0.5) is 5.69 Å². The molecule has 2 aliphatic rings. The number of hydrogen-bond acceptors (Lipinski definition) is 5. The highest BCUT2D eigenvalue weighted by Gasteiger charge is 2.21. The van der Waals surface area contributed by atoms with Gasteiger partial charge in [0.2, 0.25) is 5.96 Å². The van der Waals surface area contributed by atoms with Gasteiger partial charge in [0.25, 0.3) is 0 Å². The van der Waals surface area contributed by atoms with E-state index in [9.17, 15) is 0 Å². The van der Waals surface area contributed by atoms with Crippen molar-refractivity contribution in [1.29, 1.82) is 0 Å². The molecule has 1 aromatic carbocycles. The van der Waals surface area contributed by atoms with Gasteiger partial charge in [0.1, 0.15) is 5.75 Å². The van der Waals surface area contributed by atoms with Crippen LogP contribution < -0.4 is 15.4 Å². The van der Waals surface area contributed by atoms with Gasteiger partial charge >= 0.3 is 0 Å². The highest BCUT2D eigenvalue weighted by molar-refractivity contribution is 5.77. The van der Waals surface area contributed by atoms with Gasteiger partial charge in [-0.2, -0.15) is 0 Å². The maximum Gasteiger partial charge on any atom is 0.233 e. The predicted octanol–water partition coefficient (Wildman–Crippen LogP) is 2.44. The highest BCUT2D eigenvalue weighted by atomic mass is 16.5. The Morgan fingerprint density at radius 2 is 1.93 bits per heavy atom. The van der Waals surface area contributed by atoms with Gasteiger partial charge in [-0.1, -0.05) is 11.2 Å². The first-order valence-electron chi connectivity index (χ1n) is 9.85. The zero-order chi connectivity index (χ0) is 19.3. The molecule has 0 aliphatic carbocycles. The van der Waals surface area contributed by atoms with E-state index in [2.05, 4.69) is 45.4 Å². The topological polar surface area (TPSA) is 87.2 Å². The second-order valence-electron chi connectivity index (χ2n) is 7.51. The molecule has 0 atom stereocenters. The number of rotatable bonds is 4. The lowest BCUT2D eigenvalue weighted by atomic mass is 9.97. The monoisotopic (exact) mass is 381 g/mol. The molecule has 3 N–H and O–H groups in total. The summed E-state index contributed by atoms with van der Waals surface area (Å²) < 4.78 is 6.12. The number of oxime groups is 1. The maximum atomic E-state index is 8.90. The van der Waals surface area contributed by atoms with Crippen LogP contribution in [0.5, 0.6) is 5.75 Å². The van der Waals surface area contributed by atoms with Crippen molar-refractivity contribution >= 4 is 11.6 Å². The van der Waals surface area contributed by atoms with Crippen molar-refractivity contribution in [2.75, 3.05) is 31.1 Å². The molecule has 1 fully saturated rings. The van der Waals surface area contributed by atoms with E-state index in [0.29, 0.717) is 12.5 Å². The number of benzene rings is 1. The van der Waals surface area contributed by atoms with Crippen molar-refractivity contribution in [3.8, 4) is 5.75 Å². The Balaban J connectivity index is 1.30. The van der Waals surface area contributed by atoms with Crippen LogP contribution in [0.1, 0.15) is 24.0 Å². The van der Waals surface area contributed by atoms with Crippen LogP contribution in [0.25, 0.3) is 0 Å². The smallest absolute Gasteiger partial charge is 0.233 e. The van der Waals surface area contributed by atoms with E-state index in [1.54, 1.807) is 0 Å². The first-order valence-corrected chi connectivity index (χ1v) is 9.85. The lowest BCUT2D eigenvalue weighted by Crippen LogP contribution is -2.40. The van der Waals surface area contributed by atoms with Gasteiger partial charge in [-0.25, -0.2) is 0 Å². The number of aromatic nitrogens is 1. The summed E-state index contributed by atoms with van der Waals surface area (Å²) >= 11 is 0. The Kier molecular flexibility index (Phi) is 5.50. The first kappa shape index (κ1) is 18.4. The fourth-order valence-corrected chi connectivity index (χ4v) is 4.01. The molecule has 1 aromatic heterocycles. The third-order valence-corrected chi connectivity index (χ3v) is 5.74. The summed E-state index contributed by atoms with van der Waals surface area (Å²) in [5, 5.41) is 12.0. The molecule has 3 heterocycles. The fraction of sp³-hybridized carbons (Fsp3) is 0.429. The van der Waals surface area contributed by atoms with Gasteiger partial charge < -0.3 is 25.5 Å². The molecule has 7 nitrogen and oxygen atoms in total. The number of hydrogen-bond donors (Lipinski definition) is 2. The van der Waals surface area contributed by atoms with Crippen LogP contribution in [0.15, 0.2) is 47.9 Å². The summed E-state index contributed by atoms with van der Waals surface area (Å²) in [6, 6.07) is 10.4. The van der Waals surface area contributed by atoms with E-state index in [0.717, 1.165) is 51.3 Å². The molecule has 28 heavy (non-hydrogen) atoms. The van der Waals surface area contributed by atoms with Crippen LogP contribution in [0, 0.1) is 5.92 Å². The standard InChI is InChI=1S/C21H27N5O2/c22-21(24-27)26-12-7-17-1-2-20(13-18(17)14-26)28-15-16-5-10-25(11-6-16)19-3-8-23-9-4-19/h1-4,8-9,13,16,27H,5-7,10-12,14-15H2,(H2,22,24). The van der Waals surface area contributed by atoms with Crippen molar-refractivity contribution in [3.63, 3.8) is 0 Å². The molecule has 1 saturated heterocycles. The average Bonchev–Trinajstić information content (AvgIpc) is 2.77. The normalized spacial score (nSPS) is 18.1. The molecule has 2 aromatic rings. The summed E-state index contributed by atoms with van der Waals surface area (Å²) in [6.07, 6.45) is 6.85. The first-order chi connectivity index (χ1) is 13.7. The van der Waals surface area contributed by atoms with Gasteiger partial charge in [-0.15, -0.1) is 0 Å². The second-order valence-corrected chi connectivity index (χ2v) is 7.51. The summed E-state index contributed by atoms with van der Waals surface area (Å²) in [7, 11) is 0. The van der Waals surface area contributed by atoms with E-state index in [-0.39, 0.29) is 5.96 Å². The molecule has 4 rings (SSSR count). The predicted molar refractivity (Wildman–Crippen MR) is 109 cm³/mol. The summed E-state index contributed by atoms with van der Waals surface area (Å²) in [4.78, 5) is 8.38. The van der Waals surface area contributed by atoms with E-state index in [4.69, 9.17) is 15.7 Å². The summed E-state index contributed by atoms with van der Waals surface area (Å²) in [6.45, 7) is 4.26. The second kappa shape index (κ2) is 8.37. The van der Waals surface area contributed by atoms with Crippen molar-refractivity contribution in [3.05, 3.63) is 53.9 Å². The Morgan fingerprint density at radius 3 is 2.68 bits per heavy atom. The Hall–Kier alpha value is -2.96. The minimum Gasteiger partial charge on any atom is -0.493 e. The Morgan fingerprint density at radius 1 is 1.14 bits per heavy atom. The zero-order valence-corrected chi connectivity index (χ0v) is 16.0. The molecule has 2 aliphatic heterocycles. The van der Waals surface area contributed by atoms with Gasteiger partial charge in [-0.05, 0) is 60.6 Å². The molecule has 0 saturated carbocycles. The lowest BCUT2D eigenvalue weighted by Gasteiger charge is -2.33. The summed E-state index contributed by atoms with van der Waals surface area (Å²) in [5.74, 6) is 1.64. The minimum absolute atomic E-state index is 0.165. The molecule has 7 heteroatoms. The fourth-order valence-electron chi connectivity index (χ4n) is 4.01. The minimum atomic E-state index is 0.165. The Labute approximate surface area is 165 Å². The van der Waals surface area contributed by atoms with Crippen LogP contribution in [0.3, 0.4) is 0 Å². The van der Waals surface area contributed by atoms with Crippen molar-refractivity contribution in [2.24, 2.45) is 16.8 Å². The molecule has 0 radical (unpaired) electrons. The van der Waals surface area contributed by atoms with Crippen LogP contribution >= 0.6 is 0 Å². The van der Waals surface area contributed by atoms with E-state index >= 15 is 0 Å². The van der Waals surface area contributed by atoms with Gasteiger partial charge in [-0.3, -0.25) is 4.98 Å². The molecule has 0 spiro atoms. The number of anilines is 1. The largest absolute Gasteiger partial charge is 0.493 e. The number of fused-ring (bicyclic) bond motifs is 1. The molecule has 0 unspecified atom stereocenters. The number of pyridine rings is 1. The number of piperidine rings is 1. The third-order valence-electron chi connectivity index (χ3n) is 5.74. The summed E-state index contributed by atoms with van der Waals surface area (Å²) in [5.41, 5.74) is 9.48. The van der Waals surface area contributed by atoms with E-state index in [1.807, 2.05) is 17.3 Å². The quantitative estimate of drug-likeness (QED) is 0.366. The van der Waals surface area contributed by atoms with Gasteiger partial charge in [0.15, 0.2) is 0 Å². The molecule has 0 bridgehead atoms. The number of guanidine groups is 1. The van der Waals surface area contributed by atoms with Gasteiger partial charge in [0, 0.05) is 44.3 Å². The van der Waals surface area contributed by atoms with Crippen molar-refractivity contribution in [2.45, 2.75) is 25.8 Å². The third kappa shape index (κ3) is 4.13. The van der Waals surface area contributed by atoms with Crippen molar-refractivity contribution in [1.82, 2.24) is 9.88 Å². The van der Waals surface area contributed by atoms with Crippen molar-refractivity contribution < 1.29 is 9.94 Å². The van der Waals surface area contributed by atoms with Gasteiger partial charge in [0.05, 0.1) is 6.61 Å². The van der Waals surface area contributed by atoms with Crippen LogP contribution in [-0.2, 0) is 13.0 Å². The van der Waals surface area contributed by atoms with Crippen LogP contribution in [-0.4, -0.2) is 47.3 Å². The molecule has 148 valence electrons. The van der Waals surface area contributed by atoms with Crippen LogP contribution in [0.2, 0.25) is 0 Å². The number of nitrogens with zero attached hydrogens (tertiary/aromatic N) is 4. The average molecular weight is 381 g/mol. The van der Waals surface area contributed by atoms with E-state index < -0.39 is 0 Å².